The number of hydrazine groups is 1. The van der Waals surface area contributed by atoms with E-state index in [1.54, 1.807) is 49.4 Å². The topological polar surface area (TPSA) is 135 Å². The van der Waals surface area contributed by atoms with Crippen LogP contribution in [0.4, 0.5) is 0 Å². The van der Waals surface area contributed by atoms with Gasteiger partial charge < -0.3 is 9.15 Å². The van der Waals surface area contributed by atoms with Gasteiger partial charge in [-0.25, -0.2) is 5.43 Å². The largest absolute Gasteiger partial charge is 0.497 e. The first kappa shape index (κ1) is 22.7. The molecule has 1 aliphatic rings. The summed E-state index contributed by atoms with van der Waals surface area (Å²) in [5.41, 5.74) is 9.78. The third-order valence-electron chi connectivity index (χ3n) is 5.36. The van der Waals surface area contributed by atoms with Gasteiger partial charge in [0.1, 0.15) is 17.2 Å². The van der Waals surface area contributed by atoms with Crippen molar-refractivity contribution in [2.75, 3.05) is 7.11 Å². The molecule has 0 saturated carbocycles. The molecule has 1 aromatic carbocycles. The zero-order chi connectivity index (χ0) is 24.1. The fraction of sp³-hybridized carbons (Fsp3) is 0.208. The van der Waals surface area contributed by atoms with Gasteiger partial charge in [0.15, 0.2) is 5.76 Å². The van der Waals surface area contributed by atoms with Crippen molar-refractivity contribution in [3.8, 4) is 5.75 Å². The van der Waals surface area contributed by atoms with Crippen LogP contribution in [0.1, 0.15) is 61.1 Å². The van der Waals surface area contributed by atoms with Gasteiger partial charge in [0.05, 0.1) is 12.8 Å². The smallest absolute Gasteiger partial charge is 0.305 e. The number of methoxy groups -OCH3 is 1. The monoisotopic (exact) mass is 461 g/mol. The number of hydrogen-bond acceptors (Lipinski definition) is 7. The molecule has 3 N–H and O–H groups in total. The third-order valence-corrected chi connectivity index (χ3v) is 5.36. The summed E-state index contributed by atoms with van der Waals surface area (Å²) in [5.74, 6) is -0.200. The van der Waals surface area contributed by atoms with Crippen LogP contribution < -0.4 is 21.0 Å². The molecule has 0 unspecified atom stereocenters. The van der Waals surface area contributed by atoms with Gasteiger partial charge in [0.2, 0.25) is 0 Å². The van der Waals surface area contributed by atoms with Crippen molar-refractivity contribution in [3.63, 3.8) is 0 Å². The van der Waals surface area contributed by atoms with Gasteiger partial charge >= 0.3 is 5.91 Å². The lowest BCUT2D eigenvalue weighted by Crippen LogP contribution is -2.41. The fourth-order valence-corrected chi connectivity index (χ4v) is 3.65. The summed E-state index contributed by atoms with van der Waals surface area (Å²) >= 11 is 0. The van der Waals surface area contributed by atoms with Crippen LogP contribution >= 0.6 is 0 Å². The van der Waals surface area contributed by atoms with E-state index >= 15 is 0 Å². The van der Waals surface area contributed by atoms with Crippen LogP contribution in [-0.2, 0) is 6.42 Å². The zero-order valence-corrected chi connectivity index (χ0v) is 18.7. The van der Waals surface area contributed by atoms with Crippen LogP contribution in [0.5, 0.6) is 5.75 Å². The normalized spacial score (nSPS) is 13.6. The van der Waals surface area contributed by atoms with Crippen molar-refractivity contribution in [2.45, 2.75) is 26.2 Å². The standard InChI is InChI=1S/C24H23N5O5/c1-14-20-17(26-28-23(31)18-6-3-4-13-25-18)7-5-8-19(20)34-21(14)24(32)29-27-22(30)15-9-11-16(33-2)12-10-15/h3-4,6,9-13H,5,7-8H2,1-2H3,(H,27,30)(H,28,31)(H,29,32)/b26-17+. The van der Waals surface area contributed by atoms with Gasteiger partial charge in [-0.1, -0.05) is 6.07 Å². The fourth-order valence-electron chi connectivity index (χ4n) is 3.65. The molecule has 0 radical (unpaired) electrons. The summed E-state index contributed by atoms with van der Waals surface area (Å²) in [6, 6.07) is 11.5. The molecule has 3 aromatic rings. The van der Waals surface area contributed by atoms with E-state index in [0.717, 1.165) is 6.42 Å². The Balaban J connectivity index is 1.46. The number of ether oxygens (including phenoxy) is 1. The Hall–Kier alpha value is -4.47. The van der Waals surface area contributed by atoms with E-state index in [4.69, 9.17) is 9.15 Å². The third kappa shape index (κ3) is 4.80. The molecule has 10 nitrogen and oxygen atoms in total. The number of aromatic nitrogens is 1. The van der Waals surface area contributed by atoms with Gasteiger partial charge in [-0.15, -0.1) is 0 Å². The highest BCUT2D eigenvalue weighted by atomic mass is 16.5. The minimum absolute atomic E-state index is 0.0747. The molecule has 34 heavy (non-hydrogen) atoms. The van der Waals surface area contributed by atoms with E-state index in [-0.39, 0.29) is 11.5 Å². The summed E-state index contributed by atoms with van der Waals surface area (Å²) in [7, 11) is 1.53. The lowest BCUT2D eigenvalue weighted by molar-refractivity contribution is 0.0829. The first-order chi connectivity index (χ1) is 16.5. The molecule has 2 aromatic heterocycles. The number of carbonyl (C=O) groups is 3. The van der Waals surface area contributed by atoms with Gasteiger partial charge in [-0.3, -0.25) is 30.2 Å². The SMILES string of the molecule is COc1ccc(C(=O)NNC(=O)c2oc3c(c2C)/C(=N/NC(=O)c2ccccn2)CCC3)cc1. The second kappa shape index (κ2) is 9.99. The summed E-state index contributed by atoms with van der Waals surface area (Å²) in [6.07, 6.45) is 3.53. The number of furan rings is 1. The van der Waals surface area contributed by atoms with Crippen molar-refractivity contribution in [2.24, 2.45) is 5.10 Å². The highest BCUT2D eigenvalue weighted by Gasteiger charge is 2.28. The molecule has 0 saturated heterocycles. The zero-order valence-electron chi connectivity index (χ0n) is 18.7. The quantitative estimate of drug-likeness (QED) is 0.500. The van der Waals surface area contributed by atoms with Crippen molar-refractivity contribution in [1.29, 1.82) is 0 Å². The maximum atomic E-state index is 12.7. The maximum Gasteiger partial charge on any atom is 0.305 e. The van der Waals surface area contributed by atoms with Crippen LogP contribution in [0, 0.1) is 6.92 Å². The molecule has 1 aliphatic carbocycles. The number of benzene rings is 1. The Morgan fingerprint density at radius 2 is 1.76 bits per heavy atom. The second-order valence-corrected chi connectivity index (χ2v) is 7.56. The predicted octanol–water partition coefficient (Wildman–Crippen LogP) is 2.54. The maximum absolute atomic E-state index is 12.7. The summed E-state index contributed by atoms with van der Waals surface area (Å²) < 4.78 is 10.9. The van der Waals surface area contributed by atoms with E-state index in [1.807, 2.05) is 0 Å². The number of rotatable bonds is 5. The number of amides is 3. The predicted molar refractivity (Wildman–Crippen MR) is 123 cm³/mol. The van der Waals surface area contributed by atoms with Crippen LogP contribution in [0.3, 0.4) is 0 Å². The molecule has 4 rings (SSSR count). The van der Waals surface area contributed by atoms with Gasteiger partial charge in [-0.2, -0.15) is 5.10 Å². The number of hydrazone groups is 1. The Bertz CT molecular complexity index is 1250. The van der Waals surface area contributed by atoms with Gasteiger partial charge in [0, 0.05) is 29.3 Å². The van der Waals surface area contributed by atoms with E-state index in [1.165, 1.54) is 13.3 Å². The number of aryl methyl sites for hydroxylation is 1. The van der Waals surface area contributed by atoms with Gasteiger partial charge in [0.25, 0.3) is 11.8 Å². The Morgan fingerprint density at radius 3 is 2.47 bits per heavy atom. The Morgan fingerprint density at radius 1 is 1.00 bits per heavy atom. The molecular formula is C24H23N5O5. The van der Waals surface area contributed by atoms with Crippen LogP contribution in [0.15, 0.2) is 58.2 Å². The minimum atomic E-state index is -0.592. The number of hydrogen-bond donors (Lipinski definition) is 3. The van der Waals surface area contributed by atoms with Crippen molar-refractivity contribution >= 4 is 23.4 Å². The molecule has 0 bridgehead atoms. The summed E-state index contributed by atoms with van der Waals surface area (Å²) in [5, 5.41) is 4.27. The molecule has 2 heterocycles. The van der Waals surface area contributed by atoms with E-state index in [9.17, 15) is 14.4 Å². The molecule has 0 aliphatic heterocycles. The van der Waals surface area contributed by atoms with Crippen LogP contribution in [-0.4, -0.2) is 35.5 Å². The molecule has 0 atom stereocenters. The number of pyridine rings is 1. The van der Waals surface area contributed by atoms with Gasteiger partial charge in [-0.05, 0) is 56.2 Å². The number of fused-ring (bicyclic) bond motifs is 1. The highest BCUT2D eigenvalue weighted by Crippen LogP contribution is 2.29. The molecule has 10 heteroatoms. The summed E-state index contributed by atoms with van der Waals surface area (Å²) in [6.45, 7) is 1.74. The number of carbonyl (C=O) groups excluding carboxylic acids is 3. The van der Waals surface area contributed by atoms with Crippen LogP contribution in [0.25, 0.3) is 0 Å². The lowest BCUT2D eigenvalue weighted by Gasteiger charge is -2.13. The van der Waals surface area contributed by atoms with E-state index in [0.29, 0.717) is 46.8 Å². The average Bonchev–Trinajstić information content (AvgIpc) is 3.23. The van der Waals surface area contributed by atoms with E-state index < -0.39 is 17.7 Å². The molecule has 3 amide bonds. The van der Waals surface area contributed by atoms with Crippen molar-refractivity contribution in [3.05, 3.63) is 82.6 Å². The molecule has 0 fully saturated rings. The first-order valence-corrected chi connectivity index (χ1v) is 10.6. The summed E-state index contributed by atoms with van der Waals surface area (Å²) in [4.78, 5) is 41.3. The molecule has 0 spiro atoms. The second-order valence-electron chi connectivity index (χ2n) is 7.56. The Labute approximate surface area is 195 Å². The first-order valence-electron chi connectivity index (χ1n) is 10.6. The van der Waals surface area contributed by atoms with Crippen molar-refractivity contribution < 1.29 is 23.5 Å². The lowest BCUT2D eigenvalue weighted by atomic mass is 9.93. The number of nitrogens with zero attached hydrogens (tertiary/aromatic N) is 2. The minimum Gasteiger partial charge on any atom is -0.497 e. The molecular weight excluding hydrogens is 438 g/mol. The average molecular weight is 461 g/mol. The van der Waals surface area contributed by atoms with Crippen molar-refractivity contribution in [1.82, 2.24) is 21.3 Å². The number of nitrogens with one attached hydrogen (secondary N) is 3. The van der Waals surface area contributed by atoms with E-state index in [2.05, 4.69) is 26.4 Å². The Kier molecular flexibility index (Phi) is 6.67. The molecule has 174 valence electrons. The van der Waals surface area contributed by atoms with Crippen LogP contribution in [0.2, 0.25) is 0 Å². The highest BCUT2D eigenvalue weighted by molar-refractivity contribution is 6.07.